The SMILES string of the molecule is CC=CC(=O)OCc1nnc(-c2ccccc2Br)o1. The Labute approximate surface area is 118 Å². The minimum atomic E-state index is -0.442. The van der Waals surface area contributed by atoms with E-state index in [-0.39, 0.29) is 12.5 Å². The van der Waals surface area contributed by atoms with E-state index in [0.29, 0.717) is 5.89 Å². The highest BCUT2D eigenvalue weighted by Gasteiger charge is 2.11. The second kappa shape index (κ2) is 6.29. The number of aromatic nitrogens is 2. The standard InChI is InChI=1S/C13H11BrN2O3/c1-2-5-12(17)18-8-11-15-16-13(19-11)9-6-3-4-7-10(9)14/h2-7H,8H2,1H3. The van der Waals surface area contributed by atoms with Crippen LogP contribution in [0.25, 0.3) is 11.5 Å². The third kappa shape index (κ3) is 3.51. The Kier molecular flexibility index (Phi) is 4.46. The molecule has 2 rings (SSSR count). The molecule has 1 heterocycles. The monoisotopic (exact) mass is 322 g/mol. The molecular weight excluding hydrogens is 312 g/mol. The molecule has 5 nitrogen and oxygen atoms in total. The largest absolute Gasteiger partial charge is 0.452 e. The summed E-state index contributed by atoms with van der Waals surface area (Å²) in [5.74, 6) is 0.191. The molecule has 0 atom stereocenters. The van der Waals surface area contributed by atoms with Gasteiger partial charge in [-0.15, -0.1) is 10.2 Å². The second-order valence-electron chi connectivity index (χ2n) is 3.59. The molecule has 0 bridgehead atoms. The van der Waals surface area contributed by atoms with Gasteiger partial charge < -0.3 is 9.15 Å². The molecule has 0 fully saturated rings. The summed E-state index contributed by atoms with van der Waals surface area (Å²) in [7, 11) is 0. The van der Waals surface area contributed by atoms with Crippen molar-refractivity contribution in [3.05, 3.63) is 46.8 Å². The first-order valence-corrected chi connectivity index (χ1v) is 6.36. The van der Waals surface area contributed by atoms with Gasteiger partial charge in [-0.1, -0.05) is 18.2 Å². The molecule has 0 amide bonds. The summed E-state index contributed by atoms with van der Waals surface area (Å²) in [6.07, 6.45) is 2.92. The summed E-state index contributed by atoms with van der Waals surface area (Å²) >= 11 is 3.40. The maximum Gasteiger partial charge on any atom is 0.330 e. The third-order valence-electron chi connectivity index (χ3n) is 2.21. The van der Waals surface area contributed by atoms with Gasteiger partial charge in [0.1, 0.15) is 0 Å². The first-order valence-electron chi connectivity index (χ1n) is 5.57. The molecule has 0 saturated carbocycles. The number of carbonyl (C=O) groups is 1. The second-order valence-corrected chi connectivity index (χ2v) is 4.44. The van der Waals surface area contributed by atoms with Crippen LogP contribution in [-0.2, 0) is 16.1 Å². The van der Waals surface area contributed by atoms with Gasteiger partial charge in [-0.2, -0.15) is 0 Å². The van der Waals surface area contributed by atoms with Crippen LogP contribution in [0.2, 0.25) is 0 Å². The lowest BCUT2D eigenvalue weighted by atomic mass is 10.2. The minimum absolute atomic E-state index is 0.0410. The van der Waals surface area contributed by atoms with Gasteiger partial charge in [0.25, 0.3) is 5.89 Å². The summed E-state index contributed by atoms with van der Waals surface area (Å²) in [6, 6.07) is 7.50. The van der Waals surface area contributed by atoms with E-state index in [2.05, 4.69) is 26.1 Å². The fourth-order valence-corrected chi connectivity index (χ4v) is 1.83. The number of allylic oxidation sites excluding steroid dienone is 1. The summed E-state index contributed by atoms with van der Waals surface area (Å²) < 4.78 is 11.2. The maximum atomic E-state index is 11.1. The van der Waals surface area contributed by atoms with Crippen molar-refractivity contribution in [1.82, 2.24) is 10.2 Å². The number of esters is 1. The predicted molar refractivity (Wildman–Crippen MR) is 72.0 cm³/mol. The number of hydrogen-bond donors (Lipinski definition) is 0. The number of nitrogens with zero attached hydrogens (tertiary/aromatic N) is 2. The molecule has 0 unspecified atom stereocenters. The summed E-state index contributed by atoms with van der Waals surface area (Å²) in [5.41, 5.74) is 0.793. The van der Waals surface area contributed by atoms with Crippen LogP contribution in [-0.4, -0.2) is 16.2 Å². The molecule has 0 saturated heterocycles. The van der Waals surface area contributed by atoms with Gasteiger partial charge in [-0.05, 0) is 35.0 Å². The molecule has 0 aliphatic rings. The summed E-state index contributed by atoms with van der Waals surface area (Å²) in [4.78, 5) is 11.1. The molecule has 6 heteroatoms. The number of rotatable bonds is 4. The van der Waals surface area contributed by atoms with Gasteiger partial charge in [0.15, 0.2) is 6.61 Å². The number of benzene rings is 1. The zero-order chi connectivity index (χ0) is 13.7. The van der Waals surface area contributed by atoms with Crippen LogP contribution in [0.1, 0.15) is 12.8 Å². The Bertz CT molecular complexity index is 607. The van der Waals surface area contributed by atoms with Crippen LogP contribution in [0.4, 0.5) is 0 Å². The van der Waals surface area contributed by atoms with Crippen LogP contribution in [0.5, 0.6) is 0 Å². The van der Waals surface area contributed by atoms with E-state index < -0.39 is 5.97 Å². The molecular formula is C13H11BrN2O3. The highest BCUT2D eigenvalue weighted by atomic mass is 79.9. The first kappa shape index (κ1) is 13.5. The van der Waals surface area contributed by atoms with Crippen LogP contribution < -0.4 is 0 Å². The van der Waals surface area contributed by atoms with Gasteiger partial charge in [0, 0.05) is 10.5 Å². The highest BCUT2D eigenvalue weighted by Crippen LogP contribution is 2.26. The van der Waals surface area contributed by atoms with Crippen LogP contribution in [0, 0.1) is 0 Å². The Balaban J connectivity index is 2.08. The molecule has 0 radical (unpaired) electrons. The highest BCUT2D eigenvalue weighted by molar-refractivity contribution is 9.10. The van der Waals surface area contributed by atoms with Crippen LogP contribution >= 0.6 is 15.9 Å². The average molecular weight is 323 g/mol. The van der Waals surface area contributed by atoms with Gasteiger partial charge >= 0.3 is 5.97 Å². The summed E-state index contributed by atoms with van der Waals surface area (Å²) in [5, 5.41) is 7.74. The first-order chi connectivity index (χ1) is 9.20. The normalized spacial score (nSPS) is 10.8. The van der Waals surface area contributed by atoms with E-state index in [1.165, 1.54) is 6.08 Å². The number of hydrogen-bond acceptors (Lipinski definition) is 5. The van der Waals surface area contributed by atoms with Crippen molar-refractivity contribution in [2.75, 3.05) is 0 Å². The average Bonchev–Trinajstić information content (AvgIpc) is 2.86. The quantitative estimate of drug-likeness (QED) is 0.639. The molecule has 0 aliphatic carbocycles. The lowest BCUT2D eigenvalue weighted by Crippen LogP contribution is -2.00. The van der Waals surface area contributed by atoms with Gasteiger partial charge in [0.2, 0.25) is 5.89 Å². The molecule has 0 aliphatic heterocycles. The number of ether oxygens (including phenoxy) is 1. The zero-order valence-electron chi connectivity index (χ0n) is 10.2. The minimum Gasteiger partial charge on any atom is -0.452 e. The van der Waals surface area contributed by atoms with E-state index in [1.807, 2.05) is 24.3 Å². The van der Waals surface area contributed by atoms with E-state index in [9.17, 15) is 4.79 Å². The van der Waals surface area contributed by atoms with Crippen molar-refractivity contribution in [3.8, 4) is 11.5 Å². The third-order valence-corrected chi connectivity index (χ3v) is 2.90. The lowest BCUT2D eigenvalue weighted by Gasteiger charge is -1.98. The van der Waals surface area contributed by atoms with E-state index in [4.69, 9.17) is 9.15 Å². The van der Waals surface area contributed by atoms with Crippen LogP contribution in [0.15, 0.2) is 45.3 Å². The maximum absolute atomic E-state index is 11.1. The van der Waals surface area contributed by atoms with Crippen molar-refractivity contribution in [2.45, 2.75) is 13.5 Å². The molecule has 2 aromatic rings. The van der Waals surface area contributed by atoms with E-state index >= 15 is 0 Å². The topological polar surface area (TPSA) is 65.2 Å². The Morgan fingerprint density at radius 3 is 2.95 bits per heavy atom. The van der Waals surface area contributed by atoms with E-state index in [1.54, 1.807) is 13.0 Å². The fraction of sp³-hybridized carbons (Fsp3) is 0.154. The molecule has 0 spiro atoms. The fourth-order valence-electron chi connectivity index (χ4n) is 1.37. The molecule has 98 valence electrons. The van der Waals surface area contributed by atoms with Crippen LogP contribution in [0.3, 0.4) is 0 Å². The lowest BCUT2D eigenvalue weighted by molar-refractivity contribution is -0.139. The van der Waals surface area contributed by atoms with Gasteiger partial charge in [-0.3, -0.25) is 0 Å². The smallest absolute Gasteiger partial charge is 0.330 e. The zero-order valence-corrected chi connectivity index (χ0v) is 11.8. The Morgan fingerprint density at radius 1 is 1.42 bits per heavy atom. The number of halogens is 1. The molecule has 1 aromatic heterocycles. The van der Waals surface area contributed by atoms with Crippen molar-refractivity contribution >= 4 is 21.9 Å². The Hall–Kier alpha value is -1.95. The van der Waals surface area contributed by atoms with Crippen molar-refractivity contribution in [2.24, 2.45) is 0 Å². The predicted octanol–water partition coefficient (Wildman–Crippen LogP) is 3.12. The Morgan fingerprint density at radius 2 is 2.21 bits per heavy atom. The van der Waals surface area contributed by atoms with Crippen molar-refractivity contribution in [3.63, 3.8) is 0 Å². The molecule has 0 N–H and O–H groups in total. The molecule has 19 heavy (non-hydrogen) atoms. The van der Waals surface area contributed by atoms with Crippen molar-refractivity contribution in [1.29, 1.82) is 0 Å². The van der Waals surface area contributed by atoms with Gasteiger partial charge in [-0.25, -0.2) is 4.79 Å². The van der Waals surface area contributed by atoms with Gasteiger partial charge in [0.05, 0.1) is 5.56 Å². The van der Waals surface area contributed by atoms with E-state index in [0.717, 1.165) is 10.0 Å². The summed E-state index contributed by atoms with van der Waals surface area (Å²) in [6.45, 7) is 1.69. The number of carbonyl (C=O) groups excluding carboxylic acids is 1. The molecule has 1 aromatic carbocycles. The van der Waals surface area contributed by atoms with Crippen molar-refractivity contribution < 1.29 is 13.9 Å².